The highest BCUT2D eigenvalue weighted by Crippen LogP contribution is 2.54. The van der Waals surface area contributed by atoms with Crippen LogP contribution in [0.2, 0.25) is 0 Å². The van der Waals surface area contributed by atoms with E-state index in [0.29, 0.717) is 40.1 Å². The van der Waals surface area contributed by atoms with Crippen LogP contribution in [-0.4, -0.2) is 31.9 Å². The molecule has 37 heavy (non-hydrogen) atoms. The second-order valence-electron chi connectivity index (χ2n) is 8.22. The summed E-state index contributed by atoms with van der Waals surface area (Å²) in [5, 5.41) is 6.21. The van der Waals surface area contributed by atoms with Gasteiger partial charge in [0.05, 0.1) is 17.7 Å². The molecule has 0 atom stereocenters. The highest BCUT2D eigenvalue weighted by Gasteiger charge is 2.36. The van der Waals surface area contributed by atoms with Crippen molar-refractivity contribution in [1.29, 1.82) is 0 Å². The van der Waals surface area contributed by atoms with Crippen LogP contribution in [0.25, 0.3) is 16.8 Å². The number of amides is 1. The lowest BCUT2D eigenvalue weighted by Crippen LogP contribution is -2.17. The Hall–Kier alpha value is -3.84. The summed E-state index contributed by atoms with van der Waals surface area (Å²) in [5.41, 5.74) is 1.18. The van der Waals surface area contributed by atoms with Crippen LogP contribution in [0.15, 0.2) is 77.7 Å². The van der Waals surface area contributed by atoms with Gasteiger partial charge in [-0.1, -0.05) is 30.3 Å². The second-order valence-corrected chi connectivity index (χ2v) is 10.0. The highest BCUT2D eigenvalue weighted by atomic mass is 32.3. The highest BCUT2D eigenvalue weighted by molar-refractivity contribution is 8.23. The van der Waals surface area contributed by atoms with Crippen LogP contribution < -0.4 is 14.8 Å². The number of carbonyl (C=O) groups is 1. The molecule has 3 aromatic carbocycles. The number of halogens is 3. The lowest BCUT2D eigenvalue weighted by molar-refractivity contribution is -0.141. The molecule has 0 aliphatic carbocycles. The molecule has 12 heteroatoms. The molecule has 0 bridgehead atoms. The molecule has 0 saturated carbocycles. The van der Waals surface area contributed by atoms with Crippen LogP contribution in [-0.2, 0) is 12.7 Å². The summed E-state index contributed by atoms with van der Waals surface area (Å²) in [6.45, 7) is 0.335. The average Bonchev–Trinajstić information content (AvgIpc) is 3.47. The second kappa shape index (κ2) is 9.23. The fourth-order valence-electron chi connectivity index (χ4n) is 4.07. The number of benzene rings is 3. The van der Waals surface area contributed by atoms with E-state index < -0.39 is 28.6 Å². The Morgan fingerprint density at radius 2 is 1.78 bits per heavy atom. The number of rotatable bonds is 5. The van der Waals surface area contributed by atoms with Gasteiger partial charge in [-0.2, -0.15) is 18.3 Å². The van der Waals surface area contributed by atoms with E-state index in [1.54, 1.807) is 42.5 Å². The van der Waals surface area contributed by atoms with Crippen molar-refractivity contribution in [3.63, 3.8) is 0 Å². The van der Waals surface area contributed by atoms with Gasteiger partial charge in [0.25, 0.3) is 5.91 Å². The molecule has 0 fully saturated rings. The average molecular weight is 531 g/mol. The van der Waals surface area contributed by atoms with E-state index in [2.05, 4.69) is 15.1 Å². The third-order valence-electron chi connectivity index (χ3n) is 5.85. The van der Waals surface area contributed by atoms with Gasteiger partial charge < -0.3 is 10.1 Å². The molecule has 1 aromatic heterocycles. The van der Waals surface area contributed by atoms with Crippen LogP contribution in [0, 0.1) is 0 Å². The molecule has 1 aliphatic rings. The summed E-state index contributed by atoms with van der Waals surface area (Å²) in [5.74, 6) is -0.287. The van der Waals surface area contributed by atoms with E-state index >= 15 is 0 Å². The van der Waals surface area contributed by atoms with Gasteiger partial charge in [-0.25, -0.2) is 9.40 Å². The molecule has 5 rings (SSSR count). The Bertz CT molecular complexity index is 1470. The van der Waals surface area contributed by atoms with Crippen molar-refractivity contribution in [1.82, 2.24) is 14.5 Å². The number of hydrogen-bond donors (Lipinski definition) is 4. The van der Waals surface area contributed by atoms with Gasteiger partial charge in [-0.05, 0) is 47.5 Å². The van der Waals surface area contributed by atoms with Crippen molar-refractivity contribution in [3.05, 3.63) is 89.7 Å². The van der Waals surface area contributed by atoms with Gasteiger partial charge in [0.2, 0.25) is 0 Å². The summed E-state index contributed by atoms with van der Waals surface area (Å²) in [6.07, 6.45) is -4.74. The maximum atomic E-state index is 13.4. The van der Waals surface area contributed by atoms with Gasteiger partial charge in [0.15, 0.2) is 5.69 Å². The lowest BCUT2D eigenvalue weighted by Gasteiger charge is -2.29. The number of methoxy groups -OCH3 is 1. The third kappa shape index (κ3) is 4.79. The van der Waals surface area contributed by atoms with E-state index in [9.17, 15) is 27.1 Å². The summed E-state index contributed by atoms with van der Waals surface area (Å²) in [7, 11) is -1.66. The van der Waals surface area contributed by atoms with Gasteiger partial charge in [0, 0.05) is 23.9 Å². The maximum absolute atomic E-state index is 13.4. The number of carbonyl (C=O) groups excluding carboxylic acids is 1. The molecular weight excluding hydrogens is 509 g/mol. The standard InChI is InChI=1S/C25H21F3N4O4S/c1-36-19-11-9-18(10-12-19)32-21(13-22(31-32)25(26,27)28)24(33)30-17-7-5-15(6-8-17)20-4-2-3-16-14-29-37(34,35)23(16)20/h2-13,29,34-35H,14H2,1H3,(H,30,33). The quantitative estimate of drug-likeness (QED) is 0.254. The normalized spacial score (nSPS) is 15.2. The van der Waals surface area contributed by atoms with Crippen LogP contribution in [0.4, 0.5) is 18.9 Å². The molecule has 192 valence electrons. The van der Waals surface area contributed by atoms with Crippen molar-refractivity contribution in [2.24, 2.45) is 0 Å². The Morgan fingerprint density at radius 3 is 2.43 bits per heavy atom. The molecule has 1 amide bonds. The minimum atomic E-state index is -4.74. The Morgan fingerprint density at radius 1 is 1.08 bits per heavy atom. The van der Waals surface area contributed by atoms with E-state index in [1.807, 2.05) is 12.1 Å². The maximum Gasteiger partial charge on any atom is 0.435 e. The fourth-order valence-corrected chi connectivity index (χ4v) is 5.57. The van der Waals surface area contributed by atoms with Gasteiger partial charge in [-0.15, -0.1) is 10.8 Å². The molecule has 4 aromatic rings. The molecule has 0 unspecified atom stereocenters. The predicted molar refractivity (Wildman–Crippen MR) is 133 cm³/mol. The van der Waals surface area contributed by atoms with Crippen LogP contribution >= 0.6 is 10.8 Å². The Labute approximate surface area is 211 Å². The smallest absolute Gasteiger partial charge is 0.435 e. The minimum Gasteiger partial charge on any atom is -0.497 e. The van der Waals surface area contributed by atoms with E-state index in [0.717, 1.165) is 10.2 Å². The zero-order chi connectivity index (χ0) is 26.4. The van der Waals surface area contributed by atoms with E-state index in [1.165, 1.54) is 19.2 Å². The number of hydrogen-bond acceptors (Lipinski definition) is 6. The van der Waals surface area contributed by atoms with Gasteiger partial charge >= 0.3 is 6.18 Å². The summed E-state index contributed by atoms with van der Waals surface area (Å²) < 4.78 is 69.6. The Balaban J connectivity index is 1.43. The van der Waals surface area contributed by atoms with Crippen molar-refractivity contribution in [2.75, 3.05) is 12.4 Å². The predicted octanol–water partition coefficient (Wildman–Crippen LogP) is 5.95. The number of alkyl halides is 3. The first-order valence-corrected chi connectivity index (χ1v) is 12.5. The van der Waals surface area contributed by atoms with E-state index in [-0.39, 0.29) is 11.4 Å². The number of aromatic nitrogens is 2. The molecule has 0 radical (unpaired) electrons. The molecule has 0 spiro atoms. The number of fused-ring (bicyclic) bond motifs is 1. The number of nitrogens with zero attached hydrogens (tertiary/aromatic N) is 2. The third-order valence-corrected chi connectivity index (χ3v) is 7.45. The molecule has 0 saturated heterocycles. The number of nitrogens with one attached hydrogen (secondary N) is 2. The topological polar surface area (TPSA) is 109 Å². The van der Waals surface area contributed by atoms with Crippen molar-refractivity contribution in [2.45, 2.75) is 17.6 Å². The van der Waals surface area contributed by atoms with Crippen molar-refractivity contribution < 1.29 is 31.8 Å². The van der Waals surface area contributed by atoms with Gasteiger partial charge in [0.1, 0.15) is 11.4 Å². The SMILES string of the molecule is COc1ccc(-n2nc(C(F)(F)F)cc2C(=O)Nc2ccc(-c3cccc4c3S(O)(O)NC4)cc2)cc1. The monoisotopic (exact) mass is 530 g/mol. The van der Waals surface area contributed by atoms with Gasteiger partial charge in [-0.3, -0.25) is 13.9 Å². The first kappa shape index (κ1) is 24.8. The number of anilines is 1. The summed E-state index contributed by atoms with van der Waals surface area (Å²) >= 11 is 0. The number of ether oxygens (including phenoxy) is 1. The zero-order valence-corrected chi connectivity index (χ0v) is 20.1. The molecular formula is C25H21F3N4O4S. The minimum absolute atomic E-state index is 0.252. The zero-order valence-electron chi connectivity index (χ0n) is 19.3. The first-order valence-electron chi connectivity index (χ1n) is 10.9. The summed E-state index contributed by atoms with van der Waals surface area (Å²) in [6, 6.07) is 18.7. The van der Waals surface area contributed by atoms with Crippen molar-refractivity contribution >= 4 is 22.4 Å². The van der Waals surface area contributed by atoms with Crippen molar-refractivity contribution in [3.8, 4) is 22.6 Å². The molecule has 4 N–H and O–H groups in total. The molecule has 1 aliphatic heterocycles. The Kier molecular flexibility index (Phi) is 6.20. The summed E-state index contributed by atoms with van der Waals surface area (Å²) in [4.78, 5) is 13.5. The largest absolute Gasteiger partial charge is 0.497 e. The van der Waals surface area contributed by atoms with Crippen LogP contribution in [0.5, 0.6) is 5.75 Å². The molecule has 8 nitrogen and oxygen atoms in total. The lowest BCUT2D eigenvalue weighted by atomic mass is 10.0. The fraction of sp³-hybridized carbons (Fsp3) is 0.120. The van der Waals surface area contributed by atoms with Crippen LogP contribution in [0.3, 0.4) is 0 Å². The van der Waals surface area contributed by atoms with Crippen LogP contribution in [0.1, 0.15) is 21.7 Å². The first-order chi connectivity index (χ1) is 17.6. The molecule has 2 heterocycles. The van der Waals surface area contributed by atoms with E-state index in [4.69, 9.17) is 4.74 Å².